The van der Waals surface area contributed by atoms with Gasteiger partial charge in [0.1, 0.15) is 0 Å². The van der Waals surface area contributed by atoms with Crippen LogP contribution in [0.25, 0.3) is 0 Å². The van der Waals surface area contributed by atoms with Crippen LogP contribution in [-0.2, 0) is 13.0 Å². The van der Waals surface area contributed by atoms with Crippen LogP contribution in [0.2, 0.25) is 0 Å². The van der Waals surface area contributed by atoms with Crippen LogP contribution in [0.15, 0.2) is 36.4 Å². The molecular formula is C15H14N2O3. The summed E-state index contributed by atoms with van der Waals surface area (Å²) in [5.41, 5.74) is 2.24. The molecule has 2 aromatic rings. The number of nitriles is 1. The fourth-order valence-corrected chi connectivity index (χ4v) is 1.78. The summed E-state index contributed by atoms with van der Waals surface area (Å²) in [6.45, 7) is 0.303. The summed E-state index contributed by atoms with van der Waals surface area (Å²) in [5, 5.41) is 40.0. The highest BCUT2D eigenvalue weighted by Gasteiger charge is 2.10. The standard InChI is InChI=1S/C15H14N2O3/c16-8-7-10-1-4-12(5-2-10)17-9-11-3-6-13(18)15(20)14(11)19/h1-6,17-20H,7,9H2. The molecule has 0 atom stereocenters. The Kier molecular flexibility index (Phi) is 3.96. The van der Waals surface area contributed by atoms with E-state index in [4.69, 9.17) is 5.26 Å². The molecule has 0 spiro atoms. The van der Waals surface area contributed by atoms with Crippen LogP contribution >= 0.6 is 0 Å². The van der Waals surface area contributed by atoms with Gasteiger partial charge < -0.3 is 20.6 Å². The molecule has 0 aliphatic rings. The summed E-state index contributed by atoms with van der Waals surface area (Å²) in [4.78, 5) is 0. The van der Waals surface area contributed by atoms with Gasteiger partial charge in [-0.3, -0.25) is 0 Å². The van der Waals surface area contributed by atoms with Crippen LogP contribution in [0.1, 0.15) is 11.1 Å². The van der Waals surface area contributed by atoms with E-state index >= 15 is 0 Å². The zero-order valence-electron chi connectivity index (χ0n) is 10.7. The minimum atomic E-state index is -0.520. The first-order valence-electron chi connectivity index (χ1n) is 6.04. The van der Waals surface area contributed by atoms with Crippen molar-refractivity contribution in [1.82, 2.24) is 0 Å². The van der Waals surface area contributed by atoms with Crippen molar-refractivity contribution in [2.75, 3.05) is 5.32 Å². The van der Waals surface area contributed by atoms with Gasteiger partial charge in [0.2, 0.25) is 5.75 Å². The molecule has 0 aliphatic carbocycles. The van der Waals surface area contributed by atoms with Gasteiger partial charge >= 0.3 is 0 Å². The number of hydrogen-bond acceptors (Lipinski definition) is 5. The minimum Gasteiger partial charge on any atom is -0.504 e. The summed E-state index contributed by atoms with van der Waals surface area (Å²) in [6, 6.07) is 12.3. The molecule has 20 heavy (non-hydrogen) atoms. The molecule has 4 N–H and O–H groups in total. The predicted octanol–water partition coefficient (Wildman–Crippen LogP) is 2.48. The number of nitrogens with one attached hydrogen (secondary N) is 1. The van der Waals surface area contributed by atoms with Gasteiger partial charge in [-0.15, -0.1) is 0 Å². The highest BCUT2D eigenvalue weighted by molar-refractivity contribution is 5.54. The Labute approximate surface area is 116 Å². The van der Waals surface area contributed by atoms with E-state index in [1.54, 1.807) is 0 Å². The summed E-state index contributed by atoms with van der Waals surface area (Å²) >= 11 is 0. The predicted molar refractivity (Wildman–Crippen MR) is 74.5 cm³/mol. The first kappa shape index (κ1) is 13.6. The van der Waals surface area contributed by atoms with E-state index in [0.29, 0.717) is 18.5 Å². The van der Waals surface area contributed by atoms with E-state index in [9.17, 15) is 15.3 Å². The number of anilines is 1. The number of benzene rings is 2. The van der Waals surface area contributed by atoms with Crippen molar-refractivity contribution in [3.8, 4) is 23.3 Å². The summed E-state index contributed by atoms with van der Waals surface area (Å²) < 4.78 is 0. The van der Waals surface area contributed by atoms with Gasteiger partial charge in [0, 0.05) is 17.8 Å². The normalized spacial score (nSPS) is 9.95. The molecule has 5 heteroatoms. The van der Waals surface area contributed by atoms with Gasteiger partial charge in [0.25, 0.3) is 0 Å². The molecule has 0 radical (unpaired) electrons. The molecule has 0 unspecified atom stereocenters. The fourth-order valence-electron chi connectivity index (χ4n) is 1.78. The molecule has 0 heterocycles. The van der Waals surface area contributed by atoms with Crippen LogP contribution in [0, 0.1) is 11.3 Å². The molecule has 0 aliphatic heterocycles. The number of phenols is 3. The third-order valence-electron chi connectivity index (χ3n) is 2.93. The fraction of sp³-hybridized carbons (Fsp3) is 0.133. The topological polar surface area (TPSA) is 96.5 Å². The third-order valence-corrected chi connectivity index (χ3v) is 2.93. The van der Waals surface area contributed by atoms with Crippen LogP contribution in [0.3, 0.4) is 0 Å². The largest absolute Gasteiger partial charge is 0.504 e. The lowest BCUT2D eigenvalue weighted by Crippen LogP contribution is -1.99. The average Bonchev–Trinajstić information content (AvgIpc) is 2.46. The molecule has 0 saturated carbocycles. The van der Waals surface area contributed by atoms with E-state index < -0.39 is 5.75 Å². The van der Waals surface area contributed by atoms with Crippen molar-refractivity contribution < 1.29 is 15.3 Å². The van der Waals surface area contributed by atoms with Crippen molar-refractivity contribution in [2.45, 2.75) is 13.0 Å². The van der Waals surface area contributed by atoms with Crippen molar-refractivity contribution >= 4 is 5.69 Å². The van der Waals surface area contributed by atoms with E-state index in [2.05, 4.69) is 11.4 Å². The Morgan fingerprint density at radius 1 is 0.950 bits per heavy atom. The maximum Gasteiger partial charge on any atom is 0.200 e. The highest BCUT2D eigenvalue weighted by Crippen LogP contribution is 2.37. The van der Waals surface area contributed by atoms with Crippen molar-refractivity contribution in [3.63, 3.8) is 0 Å². The number of nitrogens with zero attached hydrogens (tertiary/aromatic N) is 1. The number of hydrogen-bond donors (Lipinski definition) is 4. The Bertz CT molecular complexity index is 645. The molecule has 0 aromatic heterocycles. The number of aromatic hydroxyl groups is 3. The molecule has 0 saturated heterocycles. The van der Waals surface area contributed by atoms with Gasteiger partial charge in [-0.2, -0.15) is 5.26 Å². The van der Waals surface area contributed by atoms with Gasteiger partial charge in [0.15, 0.2) is 11.5 Å². The summed E-state index contributed by atoms with van der Waals surface area (Å²) in [5.74, 6) is -1.21. The Balaban J connectivity index is 2.05. The second-order valence-electron chi connectivity index (χ2n) is 4.33. The zero-order valence-corrected chi connectivity index (χ0v) is 10.7. The molecule has 2 rings (SSSR count). The summed E-state index contributed by atoms with van der Waals surface area (Å²) in [6.07, 6.45) is 0.368. The van der Waals surface area contributed by atoms with Crippen molar-refractivity contribution in [2.24, 2.45) is 0 Å². The van der Waals surface area contributed by atoms with Crippen molar-refractivity contribution in [1.29, 1.82) is 5.26 Å². The van der Waals surface area contributed by atoms with Gasteiger partial charge in [-0.1, -0.05) is 12.1 Å². The third kappa shape index (κ3) is 2.93. The smallest absolute Gasteiger partial charge is 0.200 e. The number of rotatable bonds is 4. The Hall–Kier alpha value is -2.87. The number of phenolic OH excluding ortho intramolecular Hbond substituents is 3. The molecular weight excluding hydrogens is 256 g/mol. The Morgan fingerprint density at radius 3 is 2.30 bits per heavy atom. The van der Waals surface area contributed by atoms with Crippen LogP contribution < -0.4 is 5.32 Å². The molecule has 0 bridgehead atoms. The second-order valence-corrected chi connectivity index (χ2v) is 4.33. The van der Waals surface area contributed by atoms with E-state index in [0.717, 1.165) is 11.3 Å². The van der Waals surface area contributed by atoms with Gasteiger partial charge in [0.05, 0.1) is 12.5 Å². The lowest BCUT2D eigenvalue weighted by atomic mass is 10.1. The lowest BCUT2D eigenvalue weighted by molar-refractivity contribution is 0.365. The highest BCUT2D eigenvalue weighted by atomic mass is 16.3. The van der Waals surface area contributed by atoms with Crippen molar-refractivity contribution in [3.05, 3.63) is 47.5 Å². The molecule has 102 valence electrons. The van der Waals surface area contributed by atoms with E-state index in [1.165, 1.54) is 12.1 Å². The second kappa shape index (κ2) is 5.85. The van der Waals surface area contributed by atoms with E-state index in [-0.39, 0.29) is 11.5 Å². The molecule has 5 nitrogen and oxygen atoms in total. The Morgan fingerprint density at radius 2 is 1.65 bits per heavy atom. The molecule has 2 aromatic carbocycles. The van der Waals surface area contributed by atoms with Crippen LogP contribution in [0.5, 0.6) is 17.2 Å². The monoisotopic (exact) mass is 270 g/mol. The first-order chi connectivity index (χ1) is 9.61. The molecule has 0 fully saturated rings. The van der Waals surface area contributed by atoms with Crippen LogP contribution in [-0.4, -0.2) is 15.3 Å². The van der Waals surface area contributed by atoms with Crippen LogP contribution in [0.4, 0.5) is 5.69 Å². The van der Waals surface area contributed by atoms with Gasteiger partial charge in [-0.05, 0) is 29.8 Å². The lowest BCUT2D eigenvalue weighted by Gasteiger charge is -2.10. The minimum absolute atomic E-state index is 0.303. The van der Waals surface area contributed by atoms with E-state index in [1.807, 2.05) is 24.3 Å². The maximum atomic E-state index is 9.68. The SMILES string of the molecule is N#CCc1ccc(NCc2ccc(O)c(O)c2O)cc1. The summed E-state index contributed by atoms with van der Waals surface area (Å²) in [7, 11) is 0. The quantitative estimate of drug-likeness (QED) is 0.640. The van der Waals surface area contributed by atoms with Gasteiger partial charge in [-0.25, -0.2) is 0 Å². The maximum absolute atomic E-state index is 9.68. The first-order valence-corrected chi connectivity index (χ1v) is 6.04. The zero-order chi connectivity index (χ0) is 14.5. The molecule has 0 amide bonds. The average molecular weight is 270 g/mol.